The summed E-state index contributed by atoms with van der Waals surface area (Å²) in [5.74, 6) is 0.689. The van der Waals surface area contributed by atoms with Gasteiger partial charge in [-0.1, -0.05) is 133 Å². The summed E-state index contributed by atoms with van der Waals surface area (Å²) in [5.41, 5.74) is 8.45. The Kier molecular flexibility index (Phi) is 7.17. The summed E-state index contributed by atoms with van der Waals surface area (Å²) in [4.78, 5) is 12.6. The van der Waals surface area contributed by atoms with Gasteiger partial charge in [-0.05, 0) is 42.6 Å². The first-order chi connectivity index (χ1) is 24.8. The zero-order valence-electron chi connectivity index (χ0n) is 27.5. The van der Waals surface area contributed by atoms with Crippen molar-refractivity contribution in [2.75, 3.05) is 0 Å². The Morgan fingerprint density at radius 1 is 0.480 bits per heavy atom. The number of amidine groups is 1. The first-order valence-electron chi connectivity index (χ1n) is 16.8. The fraction of sp³-hybridized carbons (Fsp3) is 0.0444. The van der Waals surface area contributed by atoms with Gasteiger partial charge in [-0.2, -0.15) is 0 Å². The second-order valence-corrected chi connectivity index (χ2v) is 12.5. The van der Waals surface area contributed by atoms with Crippen LogP contribution in [-0.2, 0) is 13.2 Å². The van der Waals surface area contributed by atoms with Crippen LogP contribution in [0.2, 0.25) is 0 Å². The summed E-state index contributed by atoms with van der Waals surface area (Å²) in [6.45, 7) is 8.50. The quantitative estimate of drug-likeness (QED) is 0.132. The lowest BCUT2D eigenvalue weighted by Crippen LogP contribution is -1.97. The maximum Gasteiger partial charge on any atom is 0.154 e. The van der Waals surface area contributed by atoms with Gasteiger partial charge in [0.25, 0.3) is 0 Å². The highest BCUT2D eigenvalue weighted by Crippen LogP contribution is 2.43. The largest absolute Gasteiger partial charge is 0.320 e. The minimum atomic E-state index is 0.550. The first-order valence-corrected chi connectivity index (χ1v) is 16.8. The highest BCUT2D eigenvalue weighted by molar-refractivity contribution is 6.31. The molecule has 0 N–H and O–H groups in total. The van der Waals surface area contributed by atoms with Crippen LogP contribution in [0.5, 0.6) is 0 Å². The second kappa shape index (κ2) is 12.1. The highest BCUT2D eigenvalue weighted by atomic mass is 15.1. The van der Waals surface area contributed by atoms with Gasteiger partial charge in [0.1, 0.15) is 6.67 Å². The first kappa shape index (κ1) is 29.5. The summed E-state index contributed by atoms with van der Waals surface area (Å²) in [7, 11) is 0. The minimum absolute atomic E-state index is 0.550. The Hall–Kier alpha value is -6.59. The molecule has 0 aliphatic rings. The standard InChI is InChI=1S/C30H19N3.C15H14N2/c1-31-17-32-25-11-4-3-8-24(25)28-19-13-14-23-21-10-6-9-20-18-7-2-5-12-26(18)33(29(20)21)30(23)22(19)15-16-27(28)32;1-16-15(14-10-6-3-7-11-14)17-12-13-8-4-2-5-9-13/h2-16H,1,17H2;2-11H,1,12H2. The molecule has 10 aromatic rings. The van der Waals surface area contributed by atoms with Crippen molar-refractivity contribution in [3.05, 3.63) is 163 Å². The molecule has 0 atom stereocenters. The maximum absolute atomic E-state index is 4.47. The number of aromatic nitrogens is 2. The monoisotopic (exact) mass is 643 g/mol. The van der Waals surface area contributed by atoms with Gasteiger partial charge in [-0.15, -0.1) is 0 Å². The van der Waals surface area contributed by atoms with Crippen LogP contribution in [-0.4, -0.2) is 28.2 Å². The number of benzene rings is 7. The van der Waals surface area contributed by atoms with Crippen LogP contribution >= 0.6 is 0 Å². The molecule has 0 radical (unpaired) electrons. The van der Waals surface area contributed by atoms with Crippen molar-refractivity contribution in [2.45, 2.75) is 13.2 Å². The number of hydrogen-bond donors (Lipinski definition) is 0. The molecule has 5 heteroatoms. The Bertz CT molecular complexity index is 2890. The van der Waals surface area contributed by atoms with E-state index in [2.05, 4.69) is 141 Å². The van der Waals surface area contributed by atoms with Crippen molar-refractivity contribution >= 4 is 89.9 Å². The zero-order valence-corrected chi connectivity index (χ0v) is 27.5. The molecule has 50 heavy (non-hydrogen) atoms. The molecule has 7 aromatic carbocycles. The Morgan fingerprint density at radius 3 is 1.78 bits per heavy atom. The average molecular weight is 644 g/mol. The fourth-order valence-corrected chi connectivity index (χ4v) is 7.68. The van der Waals surface area contributed by atoms with E-state index in [0.717, 1.165) is 5.56 Å². The lowest BCUT2D eigenvalue weighted by Gasteiger charge is -2.07. The van der Waals surface area contributed by atoms with Gasteiger partial charge in [-0.25, -0.2) is 4.99 Å². The van der Waals surface area contributed by atoms with E-state index in [1.54, 1.807) is 0 Å². The summed E-state index contributed by atoms with van der Waals surface area (Å²) >= 11 is 0. The molecule has 3 aromatic heterocycles. The van der Waals surface area contributed by atoms with E-state index in [1.807, 2.05) is 48.5 Å². The van der Waals surface area contributed by atoms with Gasteiger partial charge in [0.2, 0.25) is 0 Å². The van der Waals surface area contributed by atoms with Crippen molar-refractivity contribution < 1.29 is 0 Å². The van der Waals surface area contributed by atoms with Crippen molar-refractivity contribution in [2.24, 2.45) is 15.0 Å². The Balaban J connectivity index is 0.000000168. The fourth-order valence-electron chi connectivity index (χ4n) is 7.68. The molecule has 0 aliphatic heterocycles. The van der Waals surface area contributed by atoms with Gasteiger partial charge in [0.15, 0.2) is 5.84 Å². The van der Waals surface area contributed by atoms with Gasteiger partial charge < -0.3 is 8.97 Å². The van der Waals surface area contributed by atoms with Gasteiger partial charge in [0, 0.05) is 43.3 Å². The molecule has 0 spiro atoms. The number of para-hydroxylation sites is 3. The Morgan fingerprint density at radius 2 is 1.04 bits per heavy atom. The molecule has 0 saturated heterocycles. The molecule has 0 saturated carbocycles. The molecule has 238 valence electrons. The van der Waals surface area contributed by atoms with Crippen LogP contribution in [0.25, 0.3) is 70.7 Å². The highest BCUT2D eigenvalue weighted by Gasteiger charge is 2.20. The number of aliphatic imine (C=N–C) groups is 3. The van der Waals surface area contributed by atoms with E-state index in [4.69, 9.17) is 0 Å². The molecule has 5 nitrogen and oxygen atoms in total. The molecule has 0 fully saturated rings. The van der Waals surface area contributed by atoms with E-state index in [-0.39, 0.29) is 0 Å². The third kappa shape index (κ3) is 4.59. The molecule has 0 unspecified atom stereocenters. The van der Waals surface area contributed by atoms with E-state index in [9.17, 15) is 0 Å². The lowest BCUT2D eigenvalue weighted by atomic mass is 10.0. The van der Waals surface area contributed by atoms with Crippen LogP contribution < -0.4 is 0 Å². The third-order valence-electron chi connectivity index (χ3n) is 9.79. The molecular formula is C45H33N5. The van der Waals surface area contributed by atoms with Gasteiger partial charge in [-0.3, -0.25) is 9.98 Å². The number of fused-ring (bicyclic) bond motifs is 12. The van der Waals surface area contributed by atoms with E-state index in [1.165, 1.54) is 76.2 Å². The smallest absolute Gasteiger partial charge is 0.154 e. The van der Waals surface area contributed by atoms with E-state index >= 15 is 0 Å². The number of rotatable bonds is 5. The van der Waals surface area contributed by atoms with Gasteiger partial charge in [0.05, 0.1) is 34.1 Å². The summed E-state index contributed by atoms with van der Waals surface area (Å²) in [6.07, 6.45) is 0. The van der Waals surface area contributed by atoms with Gasteiger partial charge >= 0.3 is 0 Å². The van der Waals surface area contributed by atoms with Crippen LogP contribution in [0.15, 0.2) is 167 Å². The van der Waals surface area contributed by atoms with Crippen molar-refractivity contribution in [3.8, 4) is 0 Å². The van der Waals surface area contributed by atoms with E-state index in [0.29, 0.717) is 19.0 Å². The maximum atomic E-state index is 4.47. The molecule has 0 amide bonds. The lowest BCUT2D eigenvalue weighted by molar-refractivity contribution is 0.799. The minimum Gasteiger partial charge on any atom is -0.320 e. The van der Waals surface area contributed by atoms with Crippen molar-refractivity contribution in [1.82, 2.24) is 8.97 Å². The van der Waals surface area contributed by atoms with Crippen molar-refractivity contribution in [1.29, 1.82) is 0 Å². The second-order valence-electron chi connectivity index (χ2n) is 12.5. The number of nitrogens with zero attached hydrogens (tertiary/aromatic N) is 5. The predicted molar refractivity (Wildman–Crippen MR) is 214 cm³/mol. The molecule has 3 heterocycles. The van der Waals surface area contributed by atoms with Crippen molar-refractivity contribution in [3.63, 3.8) is 0 Å². The summed E-state index contributed by atoms with van der Waals surface area (Å²) in [5, 5.41) is 10.4. The Labute approximate surface area is 289 Å². The summed E-state index contributed by atoms with van der Waals surface area (Å²) in [6, 6.07) is 53.2. The normalized spacial score (nSPS) is 12.0. The summed E-state index contributed by atoms with van der Waals surface area (Å²) < 4.78 is 4.75. The average Bonchev–Trinajstić information content (AvgIpc) is 3.82. The zero-order chi connectivity index (χ0) is 33.6. The third-order valence-corrected chi connectivity index (χ3v) is 9.79. The molecular weight excluding hydrogens is 611 g/mol. The van der Waals surface area contributed by atoms with Crippen LogP contribution in [0.1, 0.15) is 11.1 Å². The van der Waals surface area contributed by atoms with Crippen LogP contribution in [0.4, 0.5) is 0 Å². The van der Waals surface area contributed by atoms with Crippen LogP contribution in [0.3, 0.4) is 0 Å². The molecule has 0 aliphatic carbocycles. The SMILES string of the molecule is C=NC(=NCc1ccccc1)c1ccccc1.C=NCn1c2ccccc2c2c3ccc4c5cccc6c7ccccc7n(c4c3ccc21)c65. The molecule has 0 bridgehead atoms. The van der Waals surface area contributed by atoms with Crippen LogP contribution in [0, 0.1) is 0 Å². The molecule has 10 rings (SSSR count). The van der Waals surface area contributed by atoms with E-state index < -0.39 is 0 Å². The predicted octanol–water partition coefficient (Wildman–Crippen LogP) is 11.1. The number of hydrogen-bond acceptors (Lipinski definition) is 2. The topological polar surface area (TPSA) is 46.4 Å².